The highest BCUT2D eigenvalue weighted by Crippen LogP contribution is 2.28. The van der Waals surface area contributed by atoms with Crippen LogP contribution in [0.4, 0.5) is 10.5 Å². The maximum atomic E-state index is 11.7. The number of aryl methyl sites for hydroxylation is 2. The van der Waals surface area contributed by atoms with E-state index in [4.69, 9.17) is 4.74 Å². The summed E-state index contributed by atoms with van der Waals surface area (Å²) >= 11 is 0. The van der Waals surface area contributed by atoms with Crippen molar-refractivity contribution in [3.8, 4) is 0 Å². The number of hydrogen-bond acceptors (Lipinski definition) is 2. The summed E-state index contributed by atoms with van der Waals surface area (Å²) in [7, 11) is 0. The molecule has 1 aromatic carbocycles. The zero-order valence-electron chi connectivity index (χ0n) is 9.82. The number of anilines is 1. The molecular weight excluding hydrogens is 202 g/mol. The van der Waals surface area contributed by atoms with Crippen LogP contribution in [-0.4, -0.2) is 19.2 Å². The number of benzene rings is 1. The molecule has 1 aliphatic heterocycles. The smallest absolute Gasteiger partial charge is 0.414 e. The predicted octanol–water partition coefficient (Wildman–Crippen LogP) is 2.90. The van der Waals surface area contributed by atoms with Crippen LogP contribution in [0.25, 0.3) is 0 Å². The second-order valence-corrected chi connectivity index (χ2v) is 4.09. The molecule has 0 atom stereocenters. The van der Waals surface area contributed by atoms with Gasteiger partial charge in [0.05, 0.1) is 12.3 Å². The number of ether oxygens (including phenoxy) is 1. The fourth-order valence-corrected chi connectivity index (χ4v) is 2.12. The lowest BCUT2D eigenvalue weighted by Gasteiger charge is -2.28. The van der Waals surface area contributed by atoms with Crippen LogP contribution in [0.15, 0.2) is 18.2 Å². The van der Waals surface area contributed by atoms with Crippen LogP contribution in [0.1, 0.15) is 24.5 Å². The molecule has 0 radical (unpaired) electrons. The van der Waals surface area contributed by atoms with Crippen LogP contribution in [0.2, 0.25) is 0 Å². The Balaban J connectivity index is 2.29. The van der Waals surface area contributed by atoms with E-state index in [0.29, 0.717) is 6.61 Å². The van der Waals surface area contributed by atoms with E-state index < -0.39 is 0 Å². The van der Waals surface area contributed by atoms with Gasteiger partial charge in [-0.1, -0.05) is 17.7 Å². The molecule has 1 heterocycles. The summed E-state index contributed by atoms with van der Waals surface area (Å²) < 4.78 is 5.06. The van der Waals surface area contributed by atoms with Gasteiger partial charge in [0.2, 0.25) is 0 Å². The maximum absolute atomic E-state index is 11.7. The quantitative estimate of drug-likeness (QED) is 0.726. The molecule has 0 saturated heterocycles. The molecule has 0 bridgehead atoms. The van der Waals surface area contributed by atoms with Crippen molar-refractivity contribution in [3.05, 3.63) is 29.3 Å². The molecular formula is C13H17NO2. The van der Waals surface area contributed by atoms with Gasteiger partial charge in [-0.3, -0.25) is 4.90 Å². The molecule has 2 rings (SSSR count). The first-order valence-corrected chi connectivity index (χ1v) is 5.76. The second-order valence-electron chi connectivity index (χ2n) is 4.09. The van der Waals surface area contributed by atoms with Gasteiger partial charge in [-0.05, 0) is 38.3 Å². The number of hydrogen-bond donors (Lipinski definition) is 0. The van der Waals surface area contributed by atoms with Gasteiger partial charge in [-0.25, -0.2) is 4.79 Å². The number of amides is 1. The van der Waals surface area contributed by atoms with E-state index in [2.05, 4.69) is 13.0 Å². The van der Waals surface area contributed by atoms with Crippen molar-refractivity contribution in [2.45, 2.75) is 26.7 Å². The largest absolute Gasteiger partial charge is 0.449 e. The average molecular weight is 219 g/mol. The molecule has 0 saturated carbocycles. The molecule has 0 aromatic heterocycles. The Labute approximate surface area is 96.0 Å². The lowest BCUT2D eigenvalue weighted by molar-refractivity contribution is 0.159. The zero-order chi connectivity index (χ0) is 11.5. The number of carbonyl (C=O) groups excluding carboxylic acids is 1. The van der Waals surface area contributed by atoms with Crippen LogP contribution in [-0.2, 0) is 11.2 Å². The van der Waals surface area contributed by atoms with Crippen molar-refractivity contribution in [3.63, 3.8) is 0 Å². The minimum Gasteiger partial charge on any atom is -0.449 e. The Morgan fingerprint density at radius 2 is 2.31 bits per heavy atom. The molecule has 0 unspecified atom stereocenters. The summed E-state index contributed by atoms with van der Waals surface area (Å²) in [6, 6.07) is 6.21. The summed E-state index contributed by atoms with van der Waals surface area (Å²) in [5.74, 6) is 0. The molecule has 0 spiro atoms. The topological polar surface area (TPSA) is 29.5 Å². The van der Waals surface area contributed by atoms with Crippen molar-refractivity contribution in [2.24, 2.45) is 0 Å². The van der Waals surface area contributed by atoms with Crippen LogP contribution >= 0.6 is 0 Å². The van der Waals surface area contributed by atoms with E-state index in [1.165, 1.54) is 11.1 Å². The summed E-state index contributed by atoms with van der Waals surface area (Å²) in [5, 5.41) is 0. The Morgan fingerprint density at radius 1 is 1.50 bits per heavy atom. The van der Waals surface area contributed by atoms with Gasteiger partial charge in [0.15, 0.2) is 0 Å². The van der Waals surface area contributed by atoms with Gasteiger partial charge >= 0.3 is 6.09 Å². The Hall–Kier alpha value is -1.51. The molecule has 0 aliphatic carbocycles. The standard InChI is InChI=1S/C13H17NO2/c1-3-16-13(15)14-8-4-5-11-9-10(2)6-7-12(11)14/h6-7,9H,3-5,8H2,1-2H3. The maximum Gasteiger partial charge on any atom is 0.414 e. The van der Waals surface area contributed by atoms with E-state index in [9.17, 15) is 4.79 Å². The second kappa shape index (κ2) is 4.56. The molecule has 0 fully saturated rings. The molecule has 1 amide bonds. The van der Waals surface area contributed by atoms with Gasteiger partial charge in [0.1, 0.15) is 0 Å². The first kappa shape index (κ1) is 11.0. The average Bonchev–Trinajstić information content (AvgIpc) is 2.28. The first-order valence-electron chi connectivity index (χ1n) is 5.76. The highest BCUT2D eigenvalue weighted by molar-refractivity contribution is 5.89. The van der Waals surface area contributed by atoms with Crippen molar-refractivity contribution >= 4 is 11.8 Å². The van der Waals surface area contributed by atoms with Crippen molar-refractivity contribution in [1.82, 2.24) is 0 Å². The Morgan fingerprint density at radius 3 is 3.06 bits per heavy atom. The Bertz CT molecular complexity index is 401. The number of carbonyl (C=O) groups is 1. The number of rotatable bonds is 1. The molecule has 3 nitrogen and oxygen atoms in total. The van der Waals surface area contributed by atoms with Crippen molar-refractivity contribution in [2.75, 3.05) is 18.1 Å². The third-order valence-electron chi connectivity index (χ3n) is 2.84. The van der Waals surface area contributed by atoms with Crippen molar-refractivity contribution in [1.29, 1.82) is 0 Å². The fraction of sp³-hybridized carbons (Fsp3) is 0.462. The van der Waals surface area contributed by atoms with E-state index in [0.717, 1.165) is 25.1 Å². The minimum atomic E-state index is -0.229. The monoisotopic (exact) mass is 219 g/mol. The van der Waals surface area contributed by atoms with Crippen LogP contribution < -0.4 is 4.90 Å². The molecule has 1 aliphatic rings. The normalized spacial score (nSPS) is 14.5. The lowest BCUT2D eigenvalue weighted by Crippen LogP contribution is -2.35. The lowest BCUT2D eigenvalue weighted by atomic mass is 10.00. The van der Waals surface area contributed by atoms with E-state index in [1.807, 2.05) is 19.1 Å². The summed E-state index contributed by atoms with van der Waals surface area (Å²) in [6.07, 6.45) is 1.83. The van der Waals surface area contributed by atoms with E-state index in [-0.39, 0.29) is 6.09 Å². The van der Waals surface area contributed by atoms with E-state index >= 15 is 0 Å². The SMILES string of the molecule is CCOC(=O)N1CCCc2cc(C)ccc21. The number of fused-ring (bicyclic) bond motifs is 1. The van der Waals surface area contributed by atoms with Crippen molar-refractivity contribution < 1.29 is 9.53 Å². The van der Waals surface area contributed by atoms with Gasteiger partial charge in [-0.15, -0.1) is 0 Å². The first-order chi connectivity index (χ1) is 7.72. The highest BCUT2D eigenvalue weighted by Gasteiger charge is 2.23. The summed E-state index contributed by atoms with van der Waals surface area (Å²) in [5.41, 5.74) is 3.50. The molecule has 1 aromatic rings. The van der Waals surface area contributed by atoms with Gasteiger partial charge in [0.25, 0.3) is 0 Å². The predicted molar refractivity (Wildman–Crippen MR) is 63.9 cm³/mol. The van der Waals surface area contributed by atoms with Gasteiger partial charge in [0, 0.05) is 6.54 Å². The molecule has 3 heteroatoms. The molecule has 16 heavy (non-hydrogen) atoms. The minimum absolute atomic E-state index is 0.229. The third kappa shape index (κ3) is 2.03. The zero-order valence-corrected chi connectivity index (χ0v) is 9.82. The summed E-state index contributed by atoms with van der Waals surface area (Å²) in [6.45, 7) is 5.09. The van der Waals surface area contributed by atoms with Crippen LogP contribution in [0, 0.1) is 6.92 Å². The Kier molecular flexibility index (Phi) is 3.13. The van der Waals surface area contributed by atoms with E-state index in [1.54, 1.807) is 4.90 Å². The van der Waals surface area contributed by atoms with Gasteiger partial charge in [-0.2, -0.15) is 0 Å². The van der Waals surface area contributed by atoms with Crippen LogP contribution in [0.5, 0.6) is 0 Å². The fourth-order valence-electron chi connectivity index (χ4n) is 2.12. The highest BCUT2D eigenvalue weighted by atomic mass is 16.6. The summed E-state index contributed by atoms with van der Waals surface area (Å²) in [4.78, 5) is 13.5. The molecule has 0 N–H and O–H groups in total. The number of nitrogens with zero attached hydrogens (tertiary/aromatic N) is 1. The molecule has 86 valence electrons. The van der Waals surface area contributed by atoms with Gasteiger partial charge < -0.3 is 4.74 Å². The third-order valence-corrected chi connectivity index (χ3v) is 2.84. The van der Waals surface area contributed by atoms with Crippen LogP contribution in [0.3, 0.4) is 0 Å².